The molecule has 0 aliphatic carbocycles. The molecule has 6 heteroatoms. The Labute approximate surface area is 214 Å². The first-order valence-electron chi connectivity index (χ1n) is 11.9. The topological polar surface area (TPSA) is 78.6 Å². The van der Waals surface area contributed by atoms with Gasteiger partial charge in [0.1, 0.15) is 5.69 Å². The summed E-state index contributed by atoms with van der Waals surface area (Å²) in [6.45, 7) is 0. The molecular weight excluding hydrogens is 456 g/mol. The van der Waals surface area contributed by atoms with Crippen LogP contribution in [0.4, 0.5) is 22.7 Å². The summed E-state index contributed by atoms with van der Waals surface area (Å²) in [4.78, 5) is 0. The number of hydrogen-bond acceptors (Lipinski definition) is 5. The molecule has 0 spiro atoms. The minimum absolute atomic E-state index is 0.641. The highest BCUT2D eigenvalue weighted by Gasteiger charge is 2.07. The van der Waals surface area contributed by atoms with Crippen molar-refractivity contribution in [2.24, 2.45) is 0 Å². The Hall–Kier alpha value is -5.41. The van der Waals surface area contributed by atoms with Crippen molar-refractivity contribution < 1.29 is 0 Å². The van der Waals surface area contributed by atoms with Crippen LogP contribution in [0.1, 0.15) is 5.56 Å². The number of nitrogens with one attached hydrogen (secondary N) is 2. The summed E-state index contributed by atoms with van der Waals surface area (Å²) in [7, 11) is 0. The molecule has 1 aromatic heterocycles. The first-order chi connectivity index (χ1) is 18.2. The Morgan fingerprint density at radius 3 is 2.19 bits per heavy atom. The maximum atomic E-state index is 9.27. The predicted octanol–water partition coefficient (Wildman–Crippen LogP) is 7.45. The summed E-state index contributed by atoms with van der Waals surface area (Å²) >= 11 is 0. The number of aromatic nitrogens is 3. The maximum absolute atomic E-state index is 9.27. The van der Waals surface area contributed by atoms with Crippen molar-refractivity contribution in [2.45, 2.75) is 0 Å². The van der Waals surface area contributed by atoms with Crippen LogP contribution < -0.4 is 10.6 Å². The molecule has 0 aliphatic rings. The second kappa shape index (κ2) is 9.68. The number of para-hydroxylation sites is 1. The lowest BCUT2D eigenvalue weighted by molar-refractivity contribution is 0.804. The minimum Gasteiger partial charge on any atom is -0.356 e. The minimum atomic E-state index is 0.641. The van der Waals surface area contributed by atoms with E-state index in [2.05, 4.69) is 27.0 Å². The Morgan fingerprint density at radius 1 is 0.676 bits per heavy atom. The lowest BCUT2D eigenvalue weighted by Gasteiger charge is -2.10. The van der Waals surface area contributed by atoms with Gasteiger partial charge in [-0.15, -0.1) is 5.10 Å². The molecule has 37 heavy (non-hydrogen) atoms. The highest BCUT2D eigenvalue weighted by molar-refractivity contribution is 5.96. The number of benzene rings is 5. The van der Waals surface area contributed by atoms with Crippen molar-refractivity contribution >= 4 is 33.5 Å². The molecule has 0 unspecified atom stereocenters. The highest BCUT2D eigenvalue weighted by atomic mass is 15.4. The van der Waals surface area contributed by atoms with Gasteiger partial charge in [-0.3, -0.25) is 0 Å². The quantitative estimate of drug-likeness (QED) is 0.260. The van der Waals surface area contributed by atoms with Crippen molar-refractivity contribution in [3.05, 3.63) is 127 Å². The lowest BCUT2D eigenvalue weighted by atomic mass is 10.1. The molecule has 0 fully saturated rings. The van der Waals surface area contributed by atoms with Gasteiger partial charge >= 0.3 is 0 Å². The molecule has 0 saturated heterocycles. The number of nitriles is 1. The first-order valence-corrected chi connectivity index (χ1v) is 11.9. The maximum Gasteiger partial charge on any atom is 0.113 e. The Kier molecular flexibility index (Phi) is 5.78. The molecule has 2 N–H and O–H groups in total. The van der Waals surface area contributed by atoms with Crippen LogP contribution in [0.2, 0.25) is 0 Å². The third-order valence-electron chi connectivity index (χ3n) is 6.16. The fourth-order valence-electron chi connectivity index (χ4n) is 4.24. The SMILES string of the molecule is N#Cc1ccc2cccc(Nc3ccc(-c4cn(-c5ccc(Nc6ccccc6)cc5)nn4)cc3)c2c1. The number of nitrogens with zero attached hydrogens (tertiary/aromatic N) is 4. The molecule has 6 nitrogen and oxygen atoms in total. The molecule has 0 atom stereocenters. The van der Waals surface area contributed by atoms with Crippen LogP contribution in [0.5, 0.6) is 0 Å². The Morgan fingerprint density at radius 2 is 1.41 bits per heavy atom. The van der Waals surface area contributed by atoms with Gasteiger partial charge in [-0.25, -0.2) is 4.68 Å². The van der Waals surface area contributed by atoms with Crippen LogP contribution in [0, 0.1) is 11.3 Å². The van der Waals surface area contributed by atoms with E-state index in [-0.39, 0.29) is 0 Å². The molecule has 0 bridgehead atoms. The standard InChI is InChI=1S/C31H22N6/c32-20-22-9-10-23-5-4-8-30(29(23)19-22)34-27-13-11-24(12-14-27)31-21-37(36-35-31)28-17-15-26(16-18-28)33-25-6-2-1-3-7-25/h1-19,21,33-34H. The van der Waals surface area contributed by atoms with Crippen LogP contribution in [0.25, 0.3) is 27.7 Å². The third-order valence-corrected chi connectivity index (χ3v) is 6.16. The smallest absolute Gasteiger partial charge is 0.113 e. The lowest BCUT2D eigenvalue weighted by Crippen LogP contribution is -1.95. The van der Waals surface area contributed by atoms with Crippen molar-refractivity contribution in [2.75, 3.05) is 10.6 Å². The van der Waals surface area contributed by atoms with Crippen LogP contribution >= 0.6 is 0 Å². The normalized spacial score (nSPS) is 10.7. The van der Waals surface area contributed by atoms with E-state index in [1.54, 1.807) is 4.68 Å². The Balaban J connectivity index is 1.18. The average molecular weight is 479 g/mol. The predicted molar refractivity (Wildman–Crippen MR) is 148 cm³/mol. The van der Waals surface area contributed by atoms with E-state index >= 15 is 0 Å². The zero-order chi connectivity index (χ0) is 25.0. The van der Waals surface area contributed by atoms with Gasteiger partial charge < -0.3 is 10.6 Å². The first kappa shape index (κ1) is 22.1. The second-order valence-corrected chi connectivity index (χ2v) is 8.64. The summed E-state index contributed by atoms with van der Waals surface area (Å²) in [5.41, 5.74) is 7.30. The largest absolute Gasteiger partial charge is 0.356 e. The zero-order valence-electron chi connectivity index (χ0n) is 19.8. The average Bonchev–Trinajstić information content (AvgIpc) is 3.45. The molecule has 5 aromatic carbocycles. The molecule has 176 valence electrons. The van der Waals surface area contributed by atoms with Gasteiger partial charge in [-0.05, 0) is 72.1 Å². The number of anilines is 4. The summed E-state index contributed by atoms with van der Waals surface area (Å²) in [6.07, 6.45) is 1.93. The van der Waals surface area contributed by atoms with Crippen LogP contribution in [-0.2, 0) is 0 Å². The monoisotopic (exact) mass is 478 g/mol. The van der Waals surface area contributed by atoms with Gasteiger partial charge in [0.2, 0.25) is 0 Å². The number of hydrogen-bond donors (Lipinski definition) is 2. The van der Waals surface area contributed by atoms with Gasteiger partial charge in [0.05, 0.1) is 23.5 Å². The van der Waals surface area contributed by atoms with E-state index in [1.807, 2.05) is 121 Å². The van der Waals surface area contributed by atoms with E-state index in [0.717, 1.165) is 50.5 Å². The molecule has 1 heterocycles. The van der Waals surface area contributed by atoms with E-state index in [0.29, 0.717) is 5.56 Å². The summed E-state index contributed by atoms with van der Waals surface area (Å²) in [6, 6.07) is 40.2. The Bertz CT molecular complexity index is 1710. The van der Waals surface area contributed by atoms with Crippen molar-refractivity contribution in [3.63, 3.8) is 0 Å². The molecule has 0 aliphatic heterocycles. The fraction of sp³-hybridized carbons (Fsp3) is 0. The van der Waals surface area contributed by atoms with Crippen molar-refractivity contribution in [1.82, 2.24) is 15.0 Å². The third kappa shape index (κ3) is 4.75. The summed E-state index contributed by atoms with van der Waals surface area (Å²) in [5, 5.41) is 26.9. The fourth-order valence-corrected chi connectivity index (χ4v) is 4.24. The van der Waals surface area contributed by atoms with E-state index < -0.39 is 0 Å². The van der Waals surface area contributed by atoms with Gasteiger partial charge in [-0.1, -0.05) is 53.7 Å². The molecular formula is C31H22N6. The van der Waals surface area contributed by atoms with Gasteiger partial charge in [-0.2, -0.15) is 5.26 Å². The van der Waals surface area contributed by atoms with E-state index in [1.165, 1.54) is 0 Å². The summed E-state index contributed by atoms with van der Waals surface area (Å²) < 4.78 is 1.77. The van der Waals surface area contributed by atoms with Gasteiger partial charge in [0.25, 0.3) is 0 Å². The van der Waals surface area contributed by atoms with Crippen molar-refractivity contribution in [1.29, 1.82) is 5.26 Å². The van der Waals surface area contributed by atoms with E-state index in [9.17, 15) is 5.26 Å². The molecule has 0 saturated carbocycles. The van der Waals surface area contributed by atoms with E-state index in [4.69, 9.17) is 0 Å². The molecule has 0 radical (unpaired) electrons. The second-order valence-electron chi connectivity index (χ2n) is 8.64. The van der Waals surface area contributed by atoms with Crippen molar-refractivity contribution in [3.8, 4) is 23.0 Å². The van der Waals surface area contributed by atoms with Gasteiger partial charge in [0, 0.05) is 33.7 Å². The molecule has 0 amide bonds. The van der Waals surface area contributed by atoms with Gasteiger partial charge in [0.15, 0.2) is 0 Å². The van der Waals surface area contributed by atoms with Crippen LogP contribution in [0.3, 0.4) is 0 Å². The highest BCUT2D eigenvalue weighted by Crippen LogP contribution is 2.29. The summed E-state index contributed by atoms with van der Waals surface area (Å²) in [5.74, 6) is 0. The number of rotatable bonds is 6. The molecule has 6 rings (SSSR count). The zero-order valence-corrected chi connectivity index (χ0v) is 19.8. The van der Waals surface area contributed by atoms with Crippen LogP contribution in [0.15, 0.2) is 121 Å². The van der Waals surface area contributed by atoms with Crippen LogP contribution in [-0.4, -0.2) is 15.0 Å². The molecule has 6 aromatic rings. The number of fused-ring (bicyclic) bond motifs is 1.